The first-order valence-electron chi connectivity index (χ1n) is 11.7. The quantitative estimate of drug-likeness (QED) is 0.322. The lowest BCUT2D eigenvalue weighted by molar-refractivity contribution is -0.139. The van der Waals surface area contributed by atoms with Crippen LogP contribution in [-0.4, -0.2) is 65.9 Å². The number of piperidine rings is 1. The van der Waals surface area contributed by atoms with E-state index in [2.05, 4.69) is 25.5 Å². The van der Waals surface area contributed by atoms with Gasteiger partial charge in [-0.3, -0.25) is 4.79 Å². The number of sulfone groups is 1. The van der Waals surface area contributed by atoms with Gasteiger partial charge in [0, 0.05) is 42.8 Å². The third-order valence-corrected chi connectivity index (χ3v) is 8.47. The SMILES string of the molecule is NC(CNC(=O)c1ccc(N2CCC(Nc3ncccn3)CC2)cc1)(C(=O)O)S(=O)(=O)c1ccccc1. The largest absolute Gasteiger partial charge is 0.479 e. The van der Waals surface area contributed by atoms with Crippen LogP contribution in [0.15, 0.2) is 78.0 Å². The van der Waals surface area contributed by atoms with E-state index in [-0.39, 0.29) is 16.5 Å². The number of anilines is 2. The molecule has 2 aromatic carbocycles. The number of carboxylic acid groups (broad SMARTS) is 1. The Morgan fingerprint density at radius 2 is 1.62 bits per heavy atom. The minimum absolute atomic E-state index is 0.242. The predicted molar refractivity (Wildman–Crippen MR) is 138 cm³/mol. The third kappa shape index (κ3) is 5.70. The second-order valence-corrected chi connectivity index (χ2v) is 10.9. The first-order valence-corrected chi connectivity index (χ1v) is 13.2. The highest BCUT2D eigenvalue weighted by Crippen LogP contribution is 2.23. The Morgan fingerprint density at radius 1 is 1.00 bits per heavy atom. The van der Waals surface area contributed by atoms with Crippen molar-refractivity contribution in [1.82, 2.24) is 15.3 Å². The van der Waals surface area contributed by atoms with Crippen LogP contribution in [0.4, 0.5) is 11.6 Å². The summed E-state index contributed by atoms with van der Waals surface area (Å²) in [5, 5.41) is 15.3. The summed E-state index contributed by atoms with van der Waals surface area (Å²) < 4.78 is 25.8. The predicted octanol–water partition coefficient (Wildman–Crippen LogP) is 1.50. The maximum absolute atomic E-state index is 12.9. The summed E-state index contributed by atoms with van der Waals surface area (Å²) in [6, 6.07) is 15.9. The zero-order chi connectivity index (χ0) is 26.5. The van der Waals surface area contributed by atoms with Crippen molar-refractivity contribution in [1.29, 1.82) is 0 Å². The van der Waals surface area contributed by atoms with Crippen molar-refractivity contribution in [3.8, 4) is 0 Å². The first kappa shape index (κ1) is 26.0. The molecule has 0 saturated carbocycles. The lowest BCUT2D eigenvalue weighted by atomic mass is 10.0. The van der Waals surface area contributed by atoms with E-state index in [1.165, 1.54) is 24.3 Å². The highest BCUT2D eigenvalue weighted by Gasteiger charge is 2.48. The van der Waals surface area contributed by atoms with E-state index in [1.54, 1.807) is 48.8 Å². The number of carbonyl (C=O) groups is 2. The number of carbonyl (C=O) groups excluding carboxylic acids is 1. The van der Waals surface area contributed by atoms with Crippen molar-refractivity contribution < 1.29 is 23.1 Å². The van der Waals surface area contributed by atoms with Gasteiger partial charge in [0.2, 0.25) is 20.7 Å². The van der Waals surface area contributed by atoms with Gasteiger partial charge in [-0.25, -0.2) is 23.2 Å². The van der Waals surface area contributed by atoms with E-state index in [1.807, 2.05) is 0 Å². The highest BCUT2D eigenvalue weighted by atomic mass is 32.2. The Bertz CT molecular complexity index is 1330. The fraction of sp³-hybridized carbons (Fsp3) is 0.280. The van der Waals surface area contributed by atoms with Crippen molar-refractivity contribution in [2.45, 2.75) is 28.6 Å². The Morgan fingerprint density at radius 3 is 2.22 bits per heavy atom. The number of aromatic nitrogens is 2. The number of nitrogens with zero attached hydrogens (tertiary/aromatic N) is 3. The van der Waals surface area contributed by atoms with Gasteiger partial charge in [0.05, 0.1) is 11.4 Å². The average Bonchev–Trinajstić information content (AvgIpc) is 2.93. The Hall–Kier alpha value is -4.03. The molecule has 1 aliphatic rings. The fourth-order valence-corrected chi connectivity index (χ4v) is 5.50. The van der Waals surface area contributed by atoms with Crippen molar-refractivity contribution in [3.05, 3.63) is 78.6 Å². The van der Waals surface area contributed by atoms with Gasteiger partial charge >= 0.3 is 5.97 Å². The van der Waals surface area contributed by atoms with Gasteiger partial charge in [0.1, 0.15) is 0 Å². The smallest absolute Gasteiger partial charge is 0.341 e. The van der Waals surface area contributed by atoms with Crippen LogP contribution < -0.4 is 21.3 Å². The Balaban J connectivity index is 1.35. The third-order valence-electron chi connectivity index (χ3n) is 6.30. The number of benzene rings is 2. The number of amides is 1. The van der Waals surface area contributed by atoms with Crippen LogP contribution in [0.2, 0.25) is 0 Å². The molecule has 1 amide bonds. The van der Waals surface area contributed by atoms with E-state index in [0.29, 0.717) is 5.95 Å². The molecule has 1 aromatic heterocycles. The molecule has 1 unspecified atom stereocenters. The van der Waals surface area contributed by atoms with Crippen molar-refractivity contribution in [2.24, 2.45) is 5.73 Å². The lowest BCUT2D eigenvalue weighted by Gasteiger charge is -2.34. The molecule has 2 heterocycles. The number of nitrogens with one attached hydrogen (secondary N) is 2. The van der Waals surface area contributed by atoms with E-state index in [9.17, 15) is 23.1 Å². The topological polar surface area (TPSA) is 168 Å². The molecule has 0 spiro atoms. The standard InChI is InChI=1S/C25H28N6O5S/c26-25(23(33)34,37(35,36)21-5-2-1-3-6-21)17-29-22(32)18-7-9-20(10-8-18)31-15-11-19(12-16-31)30-24-27-13-4-14-28-24/h1-10,13-14,19H,11-12,15-17,26H2,(H,29,32)(H,33,34)(H,27,28,30). The number of aliphatic carboxylic acids is 1. The number of rotatable bonds is 9. The van der Waals surface area contributed by atoms with Gasteiger partial charge in [-0.2, -0.15) is 0 Å². The molecule has 1 fully saturated rings. The summed E-state index contributed by atoms with van der Waals surface area (Å²) in [5.74, 6) is -1.78. The summed E-state index contributed by atoms with van der Waals surface area (Å²) in [4.78, 5) is 32.2. The molecule has 5 N–H and O–H groups in total. The number of hydrogen-bond acceptors (Lipinski definition) is 9. The average molecular weight is 525 g/mol. The molecule has 1 saturated heterocycles. The van der Waals surface area contributed by atoms with Crippen LogP contribution in [0.3, 0.4) is 0 Å². The molecule has 37 heavy (non-hydrogen) atoms. The van der Waals surface area contributed by atoms with Gasteiger partial charge in [-0.1, -0.05) is 18.2 Å². The minimum Gasteiger partial charge on any atom is -0.479 e. The number of hydrogen-bond donors (Lipinski definition) is 4. The zero-order valence-electron chi connectivity index (χ0n) is 19.9. The summed E-state index contributed by atoms with van der Waals surface area (Å²) >= 11 is 0. The van der Waals surface area contributed by atoms with Crippen molar-refractivity contribution >= 4 is 33.3 Å². The summed E-state index contributed by atoms with van der Waals surface area (Å²) in [5.41, 5.74) is 7.03. The summed E-state index contributed by atoms with van der Waals surface area (Å²) in [6.45, 7) is 0.815. The normalized spacial score (nSPS) is 16.0. The van der Waals surface area contributed by atoms with Crippen molar-refractivity contribution in [2.75, 3.05) is 29.9 Å². The molecular weight excluding hydrogens is 496 g/mol. The van der Waals surface area contributed by atoms with E-state index < -0.39 is 33.1 Å². The molecule has 194 valence electrons. The van der Waals surface area contributed by atoms with Gasteiger partial charge in [0.15, 0.2) is 0 Å². The molecule has 0 radical (unpaired) electrons. The second kappa shape index (κ2) is 10.9. The maximum atomic E-state index is 12.9. The molecule has 1 aliphatic heterocycles. The summed E-state index contributed by atoms with van der Waals surface area (Å²) in [7, 11) is -4.48. The molecular formula is C25H28N6O5S. The van der Waals surface area contributed by atoms with Crippen molar-refractivity contribution in [3.63, 3.8) is 0 Å². The second-order valence-electron chi connectivity index (χ2n) is 8.72. The van der Waals surface area contributed by atoms with Gasteiger partial charge in [0.25, 0.3) is 5.91 Å². The van der Waals surface area contributed by atoms with Crippen LogP contribution in [0.1, 0.15) is 23.2 Å². The van der Waals surface area contributed by atoms with Crippen LogP contribution >= 0.6 is 0 Å². The molecule has 4 rings (SSSR count). The lowest BCUT2D eigenvalue weighted by Crippen LogP contribution is -2.61. The van der Waals surface area contributed by atoms with Crippen LogP contribution in [0.5, 0.6) is 0 Å². The zero-order valence-corrected chi connectivity index (χ0v) is 20.8. The summed E-state index contributed by atoms with van der Waals surface area (Å²) in [6.07, 6.45) is 5.17. The number of carboxylic acids is 1. The first-order chi connectivity index (χ1) is 17.7. The minimum atomic E-state index is -4.48. The van der Waals surface area contributed by atoms with Crippen LogP contribution in [-0.2, 0) is 14.6 Å². The van der Waals surface area contributed by atoms with Crippen LogP contribution in [0, 0.1) is 0 Å². The monoisotopic (exact) mass is 524 g/mol. The molecule has 3 aromatic rings. The number of nitrogens with two attached hydrogens (primary N) is 1. The van der Waals surface area contributed by atoms with E-state index >= 15 is 0 Å². The fourth-order valence-electron chi connectivity index (χ4n) is 4.07. The highest BCUT2D eigenvalue weighted by molar-refractivity contribution is 7.93. The Labute approximate surface area is 214 Å². The molecule has 11 nitrogen and oxygen atoms in total. The van der Waals surface area contributed by atoms with E-state index in [0.717, 1.165) is 31.6 Å². The molecule has 0 bridgehead atoms. The van der Waals surface area contributed by atoms with Crippen LogP contribution in [0.25, 0.3) is 0 Å². The van der Waals surface area contributed by atoms with Gasteiger partial charge in [-0.05, 0) is 55.3 Å². The molecule has 1 atom stereocenters. The van der Waals surface area contributed by atoms with Gasteiger partial charge < -0.3 is 26.4 Å². The molecule has 0 aliphatic carbocycles. The Kier molecular flexibility index (Phi) is 7.69. The maximum Gasteiger partial charge on any atom is 0.341 e. The van der Waals surface area contributed by atoms with E-state index in [4.69, 9.17) is 5.73 Å². The molecule has 12 heteroatoms. The van der Waals surface area contributed by atoms with Gasteiger partial charge in [-0.15, -0.1) is 0 Å².